The van der Waals surface area contributed by atoms with Crippen LogP contribution in [0.5, 0.6) is 5.75 Å². The Labute approximate surface area is 135 Å². The predicted octanol–water partition coefficient (Wildman–Crippen LogP) is 5.22. The lowest BCUT2D eigenvalue weighted by Crippen LogP contribution is -2.22. The quantitative estimate of drug-likeness (QED) is 0.643. The van der Waals surface area contributed by atoms with E-state index in [2.05, 4.69) is 20.8 Å². The van der Waals surface area contributed by atoms with Crippen LogP contribution in [0.25, 0.3) is 0 Å². The fourth-order valence-electron chi connectivity index (χ4n) is 2.38. The molecule has 0 radical (unpaired) electrons. The molecule has 1 aromatic carbocycles. The van der Waals surface area contributed by atoms with Crippen molar-refractivity contribution < 1.29 is 4.74 Å². The average molecular weight is 312 g/mol. The molecule has 1 aromatic rings. The lowest BCUT2D eigenvalue weighted by molar-refractivity contribution is 0.231. The number of rotatable bonds is 10. The largest absolute Gasteiger partial charge is 0.493 e. The number of halogens is 1. The summed E-state index contributed by atoms with van der Waals surface area (Å²) in [6.07, 6.45) is 6.70. The third-order valence-electron chi connectivity index (χ3n) is 4.05. The van der Waals surface area contributed by atoms with Crippen molar-refractivity contribution in [3.05, 3.63) is 28.8 Å². The Kier molecular flexibility index (Phi) is 8.79. The Balaban J connectivity index is 2.68. The average Bonchev–Trinajstić information content (AvgIpc) is 2.49. The summed E-state index contributed by atoms with van der Waals surface area (Å²) in [5.74, 6) is 1.58. The standard InChI is InChI=1S/C18H30ClNO/c1-4-7-8-14(5-2)13-21-18-10-9-16(19)11-15(18)12-17(20)6-3/h9-11,14,17H,4-8,12-13,20H2,1-3H3. The molecule has 0 aliphatic heterocycles. The van der Waals surface area contributed by atoms with Crippen molar-refractivity contribution in [3.8, 4) is 5.75 Å². The Morgan fingerprint density at radius 1 is 1.19 bits per heavy atom. The molecule has 0 heterocycles. The van der Waals surface area contributed by atoms with Gasteiger partial charge in [-0.25, -0.2) is 0 Å². The van der Waals surface area contributed by atoms with Crippen LogP contribution in [-0.2, 0) is 6.42 Å². The highest BCUT2D eigenvalue weighted by Gasteiger charge is 2.12. The predicted molar refractivity (Wildman–Crippen MR) is 92.2 cm³/mol. The number of hydrogen-bond acceptors (Lipinski definition) is 2. The summed E-state index contributed by atoms with van der Waals surface area (Å²) >= 11 is 6.11. The monoisotopic (exact) mass is 311 g/mol. The molecule has 0 spiro atoms. The number of nitrogens with two attached hydrogens (primary N) is 1. The van der Waals surface area contributed by atoms with Gasteiger partial charge in [-0.3, -0.25) is 0 Å². The molecule has 2 nitrogen and oxygen atoms in total. The van der Waals surface area contributed by atoms with Crippen LogP contribution in [0.1, 0.15) is 58.4 Å². The SMILES string of the molecule is CCCCC(CC)COc1ccc(Cl)cc1CC(N)CC. The van der Waals surface area contributed by atoms with Crippen LogP contribution in [-0.4, -0.2) is 12.6 Å². The van der Waals surface area contributed by atoms with Gasteiger partial charge in [0.05, 0.1) is 6.61 Å². The number of ether oxygens (including phenoxy) is 1. The van der Waals surface area contributed by atoms with Crippen molar-refractivity contribution in [1.82, 2.24) is 0 Å². The molecule has 0 fully saturated rings. The van der Waals surface area contributed by atoms with Gasteiger partial charge in [0, 0.05) is 11.1 Å². The van der Waals surface area contributed by atoms with Gasteiger partial charge in [0.25, 0.3) is 0 Å². The first-order valence-corrected chi connectivity index (χ1v) is 8.65. The van der Waals surface area contributed by atoms with Gasteiger partial charge in [0.1, 0.15) is 5.75 Å². The first kappa shape index (κ1) is 18.3. The van der Waals surface area contributed by atoms with E-state index in [4.69, 9.17) is 22.1 Å². The Hall–Kier alpha value is -0.730. The molecule has 0 aliphatic rings. The lowest BCUT2D eigenvalue weighted by Gasteiger charge is -2.19. The van der Waals surface area contributed by atoms with Crippen LogP contribution in [0.15, 0.2) is 18.2 Å². The minimum absolute atomic E-state index is 0.160. The summed E-state index contributed by atoms with van der Waals surface area (Å²) in [6.45, 7) is 7.36. The fraction of sp³-hybridized carbons (Fsp3) is 0.667. The van der Waals surface area contributed by atoms with E-state index in [1.165, 1.54) is 19.3 Å². The molecule has 0 aromatic heterocycles. The Bertz CT molecular complexity index is 408. The molecule has 0 aliphatic carbocycles. The fourth-order valence-corrected chi connectivity index (χ4v) is 2.58. The molecule has 2 unspecified atom stereocenters. The van der Waals surface area contributed by atoms with E-state index in [0.29, 0.717) is 5.92 Å². The van der Waals surface area contributed by atoms with E-state index in [9.17, 15) is 0 Å². The van der Waals surface area contributed by atoms with Crippen LogP contribution in [0, 0.1) is 5.92 Å². The van der Waals surface area contributed by atoms with Gasteiger partial charge in [-0.05, 0) is 48.9 Å². The third-order valence-corrected chi connectivity index (χ3v) is 4.28. The summed E-state index contributed by atoms with van der Waals surface area (Å²) in [5, 5.41) is 0.749. The van der Waals surface area contributed by atoms with Crippen molar-refractivity contribution >= 4 is 11.6 Å². The molecule has 0 bridgehead atoms. The number of benzene rings is 1. The van der Waals surface area contributed by atoms with Gasteiger partial charge >= 0.3 is 0 Å². The zero-order valence-corrected chi connectivity index (χ0v) is 14.5. The minimum Gasteiger partial charge on any atom is -0.493 e. The van der Waals surface area contributed by atoms with Crippen molar-refractivity contribution in [3.63, 3.8) is 0 Å². The van der Waals surface area contributed by atoms with E-state index in [1.807, 2.05) is 18.2 Å². The lowest BCUT2D eigenvalue weighted by atomic mass is 10.0. The van der Waals surface area contributed by atoms with Gasteiger partial charge in [0.15, 0.2) is 0 Å². The van der Waals surface area contributed by atoms with Gasteiger partial charge in [-0.2, -0.15) is 0 Å². The second-order valence-electron chi connectivity index (χ2n) is 5.85. The van der Waals surface area contributed by atoms with E-state index in [-0.39, 0.29) is 6.04 Å². The van der Waals surface area contributed by atoms with Crippen molar-refractivity contribution in [2.45, 2.75) is 65.3 Å². The van der Waals surface area contributed by atoms with Gasteiger partial charge in [-0.1, -0.05) is 51.6 Å². The van der Waals surface area contributed by atoms with Crippen molar-refractivity contribution in [2.24, 2.45) is 11.7 Å². The molecule has 21 heavy (non-hydrogen) atoms. The van der Waals surface area contributed by atoms with E-state index in [1.54, 1.807) is 0 Å². The van der Waals surface area contributed by atoms with E-state index < -0.39 is 0 Å². The highest BCUT2D eigenvalue weighted by atomic mass is 35.5. The molecular formula is C18H30ClNO. The minimum atomic E-state index is 0.160. The van der Waals surface area contributed by atoms with Gasteiger partial charge in [-0.15, -0.1) is 0 Å². The van der Waals surface area contributed by atoms with Gasteiger partial charge in [0.2, 0.25) is 0 Å². The van der Waals surface area contributed by atoms with Crippen molar-refractivity contribution in [2.75, 3.05) is 6.61 Å². The maximum atomic E-state index is 6.11. The molecular weight excluding hydrogens is 282 g/mol. The number of unbranched alkanes of at least 4 members (excludes halogenated alkanes) is 1. The molecule has 120 valence electrons. The first-order valence-electron chi connectivity index (χ1n) is 8.27. The summed E-state index contributed by atoms with van der Waals surface area (Å²) in [6, 6.07) is 6.02. The molecule has 0 amide bonds. The van der Waals surface area contributed by atoms with E-state index >= 15 is 0 Å². The zero-order chi connectivity index (χ0) is 15.7. The highest BCUT2D eigenvalue weighted by Crippen LogP contribution is 2.26. The van der Waals surface area contributed by atoms with Crippen molar-refractivity contribution in [1.29, 1.82) is 0 Å². The number of hydrogen-bond donors (Lipinski definition) is 1. The maximum absolute atomic E-state index is 6.11. The third kappa shape index (κ3) is 6.71. The molecule has 3 heteroatoms. The molecule has 0 saturated carbocycles. The molecule has 2 N–H and O–H groups in total. The summed E-state index contributed by atoms with van der Waals surface area (Å²) in [7, 11) is 0. The summed E-state index contributed by atoms with van der Waals surface area (Å²) < 4.78 is 6.07. The second-order valence-corrected chi connectivity index (χ2v) is 6.29. The van der Waals surface area contributed by atoms with Crippen LogP contribution in [0.2, 0.25) is 5.02 Å². The van der Waals surface area contributed by atoms with Crippen LogP contribution < -0.4 is 10.5 Å². The first-order chi connectivity index (χ1) is 10.1. The molecule has 0 saturated heterocycles. The Morgan fingerprint density at radius 2 is 1.95 bits per heavy atom. The summed E-state index contributed by atoms with van der Waals surface area (Å²) in [4.78, 5) is 0. The smallest absolute Gasteiger partial charge is 0.122 e. The normalized spacial score (nSPS) is 14.0. The van der Waals surface area contributed by atoms with Crippen LogP contribution in [0.3, 0.4) is 0 Å². The molecule has 2 atom stereocenters. The molecule has 1 rings (SSSR count). The van der Waals surface area contributed by atoms with Crippen LogP contribution >= 0.6 is 11.6 Å². The van der Waals surface area contributed by atoms with Gasteiger partial charge < -0.3 is 10.5 Å². The summed E-state index contributed by atoms with van der Waals surface area (Å²) in [5.41, 5.74) is 7.20. The maximum Gasteiger partial charge on any atom is 0.122 e. The zero-order valence-electron chi connectivity index (χ0n) is 13.7. The van der Waals surface area contributed by atoms with Crippen LogP contribution in [0.4, 0.5) is 0 Å². The highest BCUT2D eigenvalue weighted by molar-refractivity contribution is 6.30. The second kappa shape index (κ2) is 10.1. The topological polar surface area (TPSA) is 35.2 Å². The van der Waals surface area contributed by atoms with E-state index in [0.717, 1.165) is 42.2 Å². The Morgan fingerprint density at radius 3 is 2.57 bits per heavy atom.